The molecule has 8 unspecified atom stereocenters. The van der Waals surface area contributed by atoms with Gasteiger partial charge in [0.15, 0.2) is 0 Å². The normalized spacial score (nSPS) is 25.3. The van der Waals surface area contributed by atoms with E-state index >= 15 is 0 Å². The number of hydrogen-bond donors (Lipinski definition) is 9. The molecule has 0 amide bonds. The summed E-state index contributed by atoms with van der Waals surface area (Å²) < 4.78 is 0. The van der Waals surface area contributed by atoms with E-state index in [0.717, 1.165) is 137 Å². The molecule has 516 valence electrons. The average Bonchev–Trinajstić information content (AvgIpc) is 1.95. The first-order valence-corrected chi connectivity index (χ1v) is 34.5. The third-order valence-electron chi connectivity index (χ3n) is 18.9. The maximum Gasteiger partial charge on any atom is 0.0284 e. The minimum atomic E-state index is -0.132. The molecule has 0 aliphatic carbocycles. The van der Waals surface area contributed by atoms with Crippen LogP contribution in [-0.4, -0.2) is 300 Å². The number of hydrogen-bond acceptors (Lipinski definition) is 19. The Balaban J connectivity index is 0.000000538. The fourth-order valence-electron chi connectivity index (χ4n) is 13.4. The van der Waals surface area contributed by atoms with Gasteiger partial charge in [-0.25, -0.2) is 0 Å². The number of nitrogens with two attached hydrogens (primary N) is 8. The van der Waals surface area contributed by atoms with Gasteiger partial charge < -0.3 is 51.2 Å². The highest BCUT2D eigenvalue weighted by Gasteiger charge is 2.41. The maximum atomic E-state index is 6.15. The number of unbranched alkanes of at least 4 members (excludes halogenated alkanes) is 1. The number of likely N-dealkylation sites (N-methyl/N-ethyl adjacent to an activating group) is 1. The molecule has 0 radical (unpaired) electrons. The molecule has 86 heavy (non-hydrogen) atoms. The van der Waals surface area contributed by atoms with Crippen LogP contribution in [0.2, 0.25) is 0 Å². The summed E-state index contributed by atoms with van der Waals surface area (Å²) in [5, 5.41) is 3.23. The molecule has 17 N–H and O–H groups in total. The van der Waals surface area contributed by atoms with Crippen molar-refractivity contribution in [2.75, 3.05) is 164 Å². The summed E-state index contributed by atoms with van der Waals surface area (Å²) in [6, 6.07) is 2.42. The van der Waals surface area contributed by atoms with Crippen molar-refractivity contribution in [2.24, 2.45) is 45.9 Å². The van der Waals surface area contributed by atoms with Crippen LogP contribution in [-0.2, 0) is 0 Å². The van der Waals surface area contributed by atoms with Gasteiger partial charge in [0.2, 0.25) is 0 Å². The second-order valence-corrected chi connectivity index (χ2v) is 32.4. The van der Waals surface area contributed by atoms with Gasteiger partial charge >= 0.3 is 0 Å². The molecule has 8 atom stereocenters. The zero-order valence-corrected chi connectivity index (χ0v) is 61.5. The lowest BCUT2D eigenvalue weighted by Crippen LogP contribution is -2.66. The molecule has 0 aromatic heterocycles. The molecule has 0 spiro atoms. The molecule has 5 aliphatic rings. The van der Waals surface area contributed by atoms with Gasteiger partial charge in [0.1, 0.15) is 0 Å². The standard InChI is InChI=1S/3C14H32N4.C13H29N3.C12H28N4/c1-12(2,15)9-17-7-8-18(10-13(3,4)16)14(5,6)11-17;1-10(15)12(3)17-7-8-18(13(4)11(2)16)14(5,6)9-17;1-5-12(15)9-17-7-8-18(10-13(16)6-2)14(3,4)11-17;1-5-6-8-16-11-10-15(9-7-14-4)12-13(16,2)3;1-10(13)7-15-5-6-16(8-11(2)14)12(3,4)9-15/h7-11,15-16H2,1-6H3;10-13H,7-9,15-16H2,1-6H3;12-13H,5-11,15-16H2,1-4H3;14H,5-12H2,1-4H3;10-11H,5-9,13-14H2,1-4H3. The van der Waals surface area contributed by atoms with Gasteiger partial charge in [-0.3, -0.25) is 49.0 Å². The van der Waals surface area contributed by atoms with Crippen molar-refractivity contribution in [2.45, 2.75) is 272 Å². The molecule has 19 nitrogen and oxygen atoms in total. The molecule has 5 heterocycles. The molecule has 0 aromatic rings. The predicted octanol–water partition coefficient (Wildman–Crippen LogP) is 4.05. The van der Waals surface area contributed by atoms with Gasteiger partial charge in [0.05, 0.1) is 0 Å². The van der Waals surface area contributed by atoms with Crippen molar-refractivity contribution in [1.29, 1.82) is 0 Å². The SMILES string of the molecule is CC(C)(N)CN1CCN(CC(C)(C)N)C(C)(C)C1.CC(N)C(C)N1CCN(C(C)C(C)N)C(C)(C)C1.CC(N)CN1CCN(CC(C)N)C(C)(C)C1.CCC(N)CN1CCN(CC(N)CC)C(C)(C)C1.CCCCN1CCN(CCNC)CC1(C)C. The molecule has 5 fully saturated rings. The van der Waals surface area contributed by atoms with Crippen molar-refractivity contribution < 1.29 is 0 Å². The van der Waals surface area contributed by atoms with Crippen LogP contribution in [0.1, 0.15) is 185 Å². The molecule has 5 rings (SSSR count). The summed E-state index contributed by atoms with van der Waals surface area (Å²) >= 11 is 0. The quantitative estimate of drug-likeness (QED) is 0.0661. The largest absolute Gasteiger partial charge is 0.327 e. The van der Waals surface area contributed by atoms with Crippen molar-refractivity contribution >= 4 is 0 Å². The smallest absolute Gasteiger partial charge is 0.0284 e. The molecule has 0 aromatic carbocycles. The fraction of sp³-hybridized carbons (Fsp3) is 1.00. The van der Waals surface area contributed by atoms with Crippen LogP contribution in [0.25, 0.3) is 0 Å². The lowest BCUT2D eigenvalue weighted by molar-refractivity contribution is -0.0272. The van der Waals surface area contributed by atoms with Gasteiger partial charge in [-0.2, -0.15) is 0 Å². The monoisotopic (exact) mass is 1220 g/mol. The van der Waals surface area contributed by atoms with Crippen LogP contribution in [0.15, 0.2) is 0 Å². The maximum absolute atomic E-state index is 6.15. The van der Waals surface area contributed by atoms with Gasteiger partial charge in [0.25, 0.3) is 0 Å². The van der Waals surface area contributed by atoms with Gasteiger partial charge in [-0.1, -0.05) is 27.2 Å². The van der Waals surface area contributed by atoms with Crippen LogP contribution in [0, 0.1) is 0 Å². The van der Waals surface area contributed by atoms with E-state index in [9.17, 15) is 0 Å². The Bertz CT molecular complexity index is 1760. The van der Waals surface area contributed by atoms with Crippen LogP contribution < -0.4 is 51.2 Å². The van der Waals surface area contributed by atoms with Crippen molar-refractivity contribution in [1.82, 2.24) is 54.3 Å². The molecule has 0 bridgehead atoms. The Kier molecular flexibility index (Phi) is 36.6. The highest BCUT2D eigenvalue weighted by atomic mass is 15.4. The Hall–Kier alpha value is -0.760. The number of piperazine rings is 5. The highest BCUT2D eigenvalue weighted by Crippen LogP contribution is 2.28. The zero-order valence-electron chi connectivity index (χ0n) is 61.5. The summed E-state index contributed by atoms with van der Waals surface area (Å²) in [7, 11) is 2.03. The average molecular weight is 1230 g/mol. The summed E-state index contributed by atoms with van der Waals surface area (Å²) in [5.41, 5.74) is 49.1. The molecule has 5 saturated heterocycles. The van der Waals surface area contributed by atoms with E-state index in [1.807, 2.05) is 7.05 Å². The summed E-state index contributed by atoms with van der Waals surface area (Å²) in [4.78, 5) is 25.3. The highest BCUT2D eigenvalue weighted by molar-refractivity contribution is 4.99. The van der Waals surface area contributed by atoms with Crippen LogP contribution in [0.3, 0.4) is 0 Å². The lowest BCUT2D eigenvalue weighted by Gasteiger charge is -2.52. The fourth-order valence-corrected chi connectivity index (χ4v) is 13.4. The van der Waals surface area contributed by atoms with Crippen LogP contribution in [0.4, 0.5) is 0 Å². The second kappa shape index (κ2) is 37.8. The Morgan fingerprint density at radius 2 is 0.826 bits per heavy atom. The number of nitrogens with one attached hydrogen (secondary N) is 1. The Morgan fingerprint density at radius 1 is 0.419 bits per heavy atom. The Morgan fingerprint density at radius 3 is 1.24 bits per heavy atom. The summed E-state index contributed by atoms with van der Waals surface area (Å²) in [6.45, 7) is 77.2. The third-order valence-corrected chi connectivity index (χ3v) is 18.9. The van der Waals surface area contributed by atoms with Gasteiger partial charge in [-0.15, -0.1) is 0 Å². The summed E-state index contributed by atoms with van der Waals surface area (Å²) in [6.07, 6.45) is 4.74. The van der Waals surface area contributed by atoms with Crippen molar-refractivity contribution in [3.63, 3.8) is 0 Å². The molecule has 5 aliphatic heterocycles. The molecular weight excluding hydrogens is 1070 g/mol. The first-order chi connectivity index (χ1) is 39.3. The van der Waals surface area contributed by atoms with E-state index < -0.39 is 0 Å². The minimum absolute atomic E-state index is 0.120. The lowest BCUT2D eigenvalue weighted by atomic mass is 9.93. The third kappa shape index (κ3) is 31.7. The van der Waals surface area contributed by atoms with Crippen molar-refractivity contribution in [3.05, 3.63) is 0 Å². The summed E-state index contributed by atoms with van der Waals surface area (Å²) in [5.74, 6) is 0. The topological polar surface area (TPSA) is 253 Å². The first kappa shape index (κ1) is 83.3. The predicted molar refractivity (Wildman–Crippen MR) is 376 cm³/mol. The van der Waals surface area contributed by atoms with E-state index in [-0.39, 0.29) is 57.4 Å². The van der Waals surface area contributed by atoms with E-state index in [1.54, 1.807) is 0 Å². The number of nitrogens with zero attached hydrogens (tertiary/aromatic N) is 10. The van der Waals surface area contributed by atoms with E-state index in [1.165, 1.54) is 45.6 Å². The van der Waals surface area contributed by atoms with E-state index in [0.29, 0.717) is 29.7 Å². The van der Waals surface area contributed by atoms with Gasteiger partial charge in [0, 0.05) is 238 Å². The van der Waals surface area contributed by atoms with Crippen LogP contribution in [0.5, 0.6) is 0 Å². The van der Waals surface area contributed by atoms with Gasteiger partial charge in [-0.05, 0) is 171 Å². The van der Waals surface area contributed by atoms with Crippen LogP contribution >= 0.6 is 0 Å². The van der Waals surface area contributed by atoms with E-state index in [2.05, 4.69) is 214 Å². The Labute approximate surface area is 534 Å². The molecule has 0 saturated carbocycles. The second-order valence-electron chi connectivity index (χ2n) is 32.4. The minimum Gasteiger partial charge on any atom is -0.327 e. The molecule has 19 heteroatoms. The van der Waals surface area contributed by atoms with Crippen molar-refractivity contribution in [3.8, 4) is 0 Å². The van der Waals surface area contributed by atoms with E-state index in [4.69, 9.17) is 45.9 Å². The zero-order chi connectivity index (χ0) is 66.4. The number of rotatable bonds is 24. The first-order valence-electron chi connectivity index (χ1n) is 34.5. The molecular formula is C67H153N19.